The Morgan fingerprint density at radius 3 is 2.47 bits per heavy atom. The number of hydrogen-bond donors (Lipinski definition) is 1. The van der Waals surface area contributed by atoms with E-state index in [-0.39, 0.29) is 5.97 Å². The molecule has 0 amide bonds. The van der Waals surface area contributed by atoms with Gasteiger partial charge in [-0.2, -0.15) is 0 Å². The van der Waals surface area contributed by atoms with Crippen molar-refractivity contribution in [2.75, 3.05) is 6.61 Å². The Kier molecular flexibility index (Phi) is 7.61. The predicted molar refractivity (Wildman–Crippen MR) is 75.6 cm³/mol. The minimum absolute atomic E-state index is 0.316. The molecule has 0 radical (unpaired) electrons. The van der Waals surface area contributed by atoms with Crippen molar-refractivity contribution in [3.05, 3.63) is 12.2 Å². The van der Waals surface area contributed by atoms with E-state index in [0.29, 0.717) is 12.2 Å². The van der Waals surface area contributed by atoms with Crippen LogP contribution >= 0.6 is 0 Å². The van der Waals surface area contributed by atoms with Crippen LogP contribution in [0.4, 0.5) is 0 Å². The molecule has 2 N–H and O–H groups in total. The molecule has 0 aliphatic rings. The van der Waals surface area contributed by atoms with E-state index in [2.05, 4.69) is 19.7 Å². The zero-order valence-corrected chi connectivity index (χ0v) is 13.6. The first kappa shape index (κ1) is 16.6. The summed E-state index contributed by atoms with van der Waals surface area (Å²) in [6, 6.07) is 0.919. The Morgan fingerprint density at radius 2 is 2.00 bits per heavy atom. The summed E-state index contributed by atoms with van der Waals surface area (Å²) in [5.74, 6) is -0.316. The fraction of sp³-hybridized carbons (Fsp3) is 0.727. The average molecular weight is 275 g/mol. The fourth-order valence-corrected chi connectivity index (χ4v) is 7.19. The fourth-order valence-electron chi connectivity index (χ4n) is 1.46. The third kappa shape index (κ3) is 9.28. The maximum Gasteiger partial charge on any atom is 0.333 e. The van der Waals surface area contributed by atoms with Gasteiger partial charge in [-0.3, -0.25) is 0 Å². The van der Waals surface area contributed by atoms with Crippen molar-refractivity contribution in [1.82, 2.24) is 0 Å². The summed E-state index contributed by atoms with van der Waals surface area (Å²) in [5.41, 5.74) is 0.442. The summed E-state index contributed by atoms with van der Waals surface area (Å²) in [6.07, 6.45) is 1.78. The van der Waals surface area contributed by atoms with Gasteiger partial charge in [0.1, 0.15) is 0 Å². The SMILES string of the molecule is C=C(C)C(=O)OCCCC[Si](C)(N)O[SiH](C)C. The van der Waals surface area contributed by atoms with Gasteiger partial charge in [0, 0.05) is 5.57 Å². The summed E-state index contributed by atoms with van der Waals surface area (Å²) in [6.45, 7) is 11.9. The van der Waals surface area contributed by atoms with Crippen LogP contribution in [0, 0.1) is 0 Å². The number of esters is 1. The Labute approximate surface area is 107 Å². The van der Waals surface area contributed by atoms with Crippen LogP contribution < -0.4 is 5.40 Å². The monoisotopic (exact) mass is 275 g/mol. The first-order valence-electron chi connectivity index (χ1n) is 6.04. The summed E-state index contributed by atoms with van der Waals surface area (Å²) in [7, 11) is -3.01. The maximum atomic E-state index is 11.1. The minimum Gasteiger partial charge on any atom is -0.462 e. The summed E-state index contributed by atoms with van der Waals surface area (Å²) < 4.78 is 10.8. The van der Waals surface area contributed by atoms with Crippen LogP contribution in [0.1, 0.15) is 19.8 Å². The number of ether oxygens (including phenoxy) is 1. The molecule has 6 heteroatoms. The van der Waals surface area contributed by atoms with Gasteiger partial charge < -0.3 is 14.3 Å². The molecule has 0 aromatic heterocycles. The lowest BCUT2D eigenvalue weighted by Crippen LogP contribution is -2.48. The number of hydrogen-bond acceptors (Lipinski definition) is 4. The van der Waals surface area contributed by atoms with Gasteiger partial charge in [0.25, 0.3) is 8.48 Å². The Morgan fingerprint density at radius 1 is 1.41 bits per heavy atom. The number of rotatable bonds is 8. The van der Waals surface area contributed by atoms with Crippen LogP contribution in [-0.4, -0.2) is 30.1 Å². The van der Waals surface area contributed by atoms with Crippen LogP contribution in [0.3, 0.4) is 0 Å². The van der Waals surface area contributed by atoms with Gasteiger partial charge in [-0.25, -0.2) is 4.79 Å². The van der Waals surface area contributed by atoms with E-state index in [1.54, 1.807) is 6.92 Å². The van der Waals surface area contributed by atoms with E-state index >= 15 is 0 Å². The van der Waals surface area contributed by atoms with Gasteiger partial charge in [0.15, 0.2) is 9.04 Å². The number of carbonyl (C=O) groups is 1. The van der Waals surface area contributed by atoms with Gasteiger partial charge in [0.05, 0.1) is 6.61 Å². The summed E-state index contributed by atoms with van der Waals surface area (Å²) >= 11 is 0. The van der Waals surface area contributed by atoms with Crippen molar-refractivity contribution in [2.24, 2.45) is 5.40 Å². The highest BCUT2D eigenvalue weighted by atomic mass is 28.4. The molecule has 0 aliphatic heterocycles. The molecule has 1 unspecified atom stereocenters. The van der Waals surface area contributed by atoms with Crippen LogP contribution in [0.5, 0.6) is 0 Å². The number of unbranched alkanes of at least 4 members (excludes halogenated alkanes) is 1. The van der Waals surface area contributed by atoms with Crippen LogP contribution in [0.15, 0.2) is 12.2 Å². The van der Waals surface area contributed by atoms with E-state index in [4.69, 9.17) is 14.3 Å². The molecule has 4 nitrogen and oxygen atoms in total. The lowest BCUT2D eigenvalue weighted by atomic mass is 10.3. The van der Waals surface area contributed by atoms with Crippen molar-refractivity contribution in [1.29, 1.82) is 0 Å². The molecular weight excluding hydrogens is 250 g/mol. The first-order valence-corrected chi connectivity index (χ1v) is 11.5. The smallest absolute Gasteiger partial charge is 0.333 e. The van der Waals surface area contributed by atoms with Gasteiger partial charge in [-0.1, -0.05) is 6.58 Å². The zero-order chi connectivity index (χ0) is 13.5. The molecule has 1 atom stereocenters. The second-order valence-corrected chi connectivity index (χ2v) is 11.0. The highest BCUT2D eigenvalue weighted by molar-refractivity contribution is 6.76. The second-order valence-electron chi connectivity index (χ2n) is 4.85. The quantitative estimate of drug-likeness (QED) is 0.318. The van der Waals surface area contributed by atoms with Gasteiger partial charge in [-0.15, -0.1) is 0 Å². The largest absolute Gasteiger partial charge is 0.462 e. The Hall–Kier alpha value is -0.436. The lowest BCUT2D eigenvalue weighted by Gasteiger charge is -2.24. The van der Waals surface area contributed by atoms with Crippen LogP contribution in [0.25, 0.3) is 0 Å². The molecule has 0 aliphatic carbocycles. The molecule has 0 aromatic carbocycles. The van der Waals surface area contributed by atoms with Gasteiger partial charge >= 0.3 is 5.97 Å². The van der Waals surface area contributed by atoms with E-state index in [9.17, 15) is 4.79 Å². The molecule has 0 heterocycles. The third-order valence-corrected chi connectivity index (χ3v) is 7.54. The number of nitrogens with two attached hydrogens (primary N) is 1. The van der Waals surface area contributed by atoms with Crippen LogP contribution in [0.2, 0.25) is 25.7 Å². The van der Waals surface area contributed by atoms with Crippen molar-refractivity contribution >= 4 is 23.5 Å². The third-order valence-electron chi connectivity index (χ3n) is 2.15. The summed E-state index contributed by atoms with van der Waals surface area (Å²) in [5, 5.41) is 6.14. The molecule has 0 aromatic rings. The zero-order valence-electron chi connectivity index (χ0n) is 11.4. The molecule has 100 valence electrons. The average Bonchev–Trinajstić information content (AvgIpc) is 2.14. The molecule has 0 rings (SSSR count). The molecule has 0 bridgehead atoms. The van der Waals surface area contributed by atoms with Gasteiger partial charge in [-0.05, 0) is 45.5 Å². The topological polar surface area (TPSA) is 61.5 Å². The molecule has 0 fully saturated rings. The maximum absolute atomic E-state index is 11.1. The van der Waals surface area contributed by atoms with Crippen molar-refractivity contribution in [3.63, 3.8) is 0 Å². The summed E-state index contributed by atoms with van der Waals surface area (Å²) in [4.78, 5) is 11.1. The van der Waals surface area contributed by atoms with Crippen molar-refractivity contribution in [3.8, 4) is 0 Å². The standard InChI is InChI=1S/C11H25NO3Si2/c1-10(2)11(13)14-8-6-7-9-17(5,12)15-16(3)4/h16H,1,6-9,12H2,2-5H3. The molecule has 17 heavy (non-hydrogen) atoms. The first-order chi connectivity index (χ1) is 7.74. The highest BCUT2D eigenvalue weighted by Gasteiger charge is 2.24. The lowest BCUT2D eigenvalue weighted by molar-refractivity contribution is -0.139. The normalized spacial score (nSPS) is 14.5. The minimum atomic E-state index is -1.96. The predicted octanol–water partition coefficient (Wildman–Crippen LogP) is 1.92. The van der Waals surface area contributed by atoms with E-state index in [1.165, 1.54) is 0 Å². The van der Waals surface area contributed by atoms with E-state index < -0.39 is 17.5 Å². The molecule has 0 spiro atoms. The Bertz CT molecular complexity index is 267. The van der Waals surface area contributed by atoms with Gasteiger partial charge in [0.2, 0.25) is 0 Å². The highest BCUT2D eigenvalue weighted by Crippen LogP contribution is 2.11. The molecule has 0 saturated carbocycles. The van der Waals surface area contributed by atoms with E-state index in [0.717, 1.165) is 18.9 Å². The van der Waals surface area contributed by atoms with Crippen molar-refractivity contribution in [2.45, 2.75) is 45.5 Å². The van der Waals surface area contributed by atoms with E-state index in [1.807, 2.05) is 6.55 Å². The molecular formula is C11H25NO3Si2. The Balaban J connectivity index is 3.64. The molecule has 0 saturated heterocycles. The van der Waals surface area contributed by atoms with Crippen molar-refractivity contribution < 1.29 is 13.6 Å². The van der Waals surface area contributed by atoms with Crippen LogP contribution in [-0.2, 0) is 13.6 Å². The second kappa shape index (κ2) is 7.81. The number of carbonyl (C=O) groups excluding carboxylic acids is 1.